The van der Waals surface area contributed by atoms with E-state index in [1.807, 2.05) is 12.1 Å². The Bertz CT molecular complexity index is 497. The highest BCUT2D eigenvalue weighted by Crippen LogP contribution is 2.14. The molecule has 0 amide bonds. The molecule has 0 heterocycles. The van der Waals surface area contributed by atoms with Crippen molar-refractivity contribution in [3.8, 4) is 12.3 Å². The van der Waals surface area contributed by atoms with Gasteiger partial charge in [0.05, 0.1) is 6.04 Å². The van der Waals surface area contributed by atoms with Crippen molar-refractivity contribution < 1.29 is 0 Å². The highest BCUT2D eigenvalue weighted by Gasteiger charge is 2.15. The lowest BCUT2D eigenvalue weighted by atomic mass is 10.1. The van der Waals surface area contributed by atoms with Gasteiger partial charge in [0.2, 0.25) is 0 Å². The van der Waals surface area contributed by atoms with Crippen LogP contribution >= 0.6 is 0 Å². The van der Waals surface area contributed by atoms with E-state index in [1.165, 1.54) is 11.1 Å². The molecule has 0 aromatic heterocycles. The maximum Gasteiger partial charge on any atom is 0.0715 e. The Morgan fingerprint density at radius 3 is 1.70 bits per heavy atom. The molecule has 0 aliphatic rings. The SMILES string of the molecule is C#CC(CC)N(Cc1ccccc1)Cc1ccccc1. The van der Waals surface area contributed by atoms with Crippen molar-refractivity contribution in [3.05, 3.63) is 71.8 Å². The molecular weight excluding hydrogens is 242 g/mol. The quantitative estimate of drug-likeness (QED) is 0.709. The molecule has 0 aliphatic carbocycles. The summed E-state index contributed by atoms with van der Waals surface area (Å²) in [6.07, 6.45) is 6.67. The first kappa shape index (κ1) is 14.4. The number of rotatable bonds is 6. The van der Waals surface area contributed by atoms with Crippen molar-refractivity contribution in [2.45, 2.75) is 32.5 Å². The van der Waals surface area contributed by atoms with E-state index in [1.54, 1.807) is 0 Å². The van der Waals surface area contributed by atoms with Crippen LogP contribution in [0.25, 0.3) is 0 Å². The minimum Gasteiger partial charge on any atom is -0.281 e. The van der Waals surface area contributed by atoms with Crippen LogP contribution in [0.5, 0.6) is 0 Å². The Morgan fingerprint density at radius 2 is 1.35 bits per heavy atom. The lowest BCUT2D eigenvalue weighted by Crippen LogP contribution is -2.32. The summed E-state index contributed by atoms with van der Waals surface area (Å²) in [6.45, 7) is 3.92. The minimum absolute atomic E-state index is 0.176. The number of hydrogen-bond acceptors (Lipinski definition) is 1. The zero-order chi connectivity index (χ0) is 14.2. The average Bonchev–Trinajstić information content (AvgIpc) is 2.50. The van der Waals surface area contributed by atoms with Gasteiger partial charge in [0.1, 0.15) is 0 Å². The highest BCUT2D eigenvalue weighted by atomic mass is 15.1. The van der Waals surface area contributed by atoms with E-state index in [0.717, 1.165) is 19.5 Å². The molecule has 1 nitrogen and oxygen atoms in total. The molecule has 0 saturated carbocycles. The molecule has 0 saturated heterocycles. The fourth-order valence-electron chi connectivity index (χ4n) is 2.39. The standard InChI is InChI=1S/C19H21N/c1-3-19(4-2)20(15-17-11-7-5-8-12-17)16-18-13-9-6-10-14-18/h1,5-14,19H,4,15-16H2,2H3. The number of benzene rings is 2. The highest BCUT2D eigenvalue weighted by molar-refractivity contribution is 5.18. The van der Waals surface area contributed by atoms with Crippen molar-refractivity contribution in [1.29, 1.82) is 0 Å². The maximum atomic E-state index is 5.70. The van der Waals surface area contributed by atoms with Crippen LogP contribution in [0.2, 0.25) is 0 Å². The van der Waals surface area contributed by atoms with Crippen molar-refractivity contribution in [2.24, 2.45) is 0 Å². The van der Waals surface area contributed by atoms with Crippen LogP contribution in [-0.4, -0.2) is 10.9 Å². The third-order valence-corrected chi connectivity index (χ3v) is 3.48. The van der Waals surface area contributed by atoms with Gasteiger partial charge in [-0.15, -0.1) is 6.42 Å². The van der Waals surface area contributed by atoms with Gasteiger partial charge < -0.3 is 0 Å². The largest absolute Gasteiger partial charge is 0.281 e. The van der Waals surface area contributed by atoms with Gasteiger partial charge >= 0.3 is 0 Å². The van der Waals surface area contributed by atoms with Gasteiger partial charge in [0.15, 0.2) is 0 Å². The Morgan fingerprint density at radius 1 is 0.900 bits per heavy atom. The first-order valence-electron chi connectivity index (χ1n) is 7.11. The van der Waals surface area contributed by atoms with Crippen LogP contribution in [0, 0.1) is 12.3 Å². The molecule has 0 radical (unpaired) electrons. The van der Waals surface area contributed by atoms with Crippen molar-refractivity contribution >= 4 is 0 Å². The molecule has 20 heavy (non-hydrogen) atoms. The van der Waals surface area contributed by atoms with Gasteiger partial charge in [-0.1, -0.05) is 73.5 Å². The zero-order valence-corrected chi connectivity index (χ0v) is 12.0. The van der Waals surface area contributed by atoms with E-state index in [9.17, 15) is 0 Å². The smallest absolute Gasteiger partial charge is 0.0715 e. The summed E-state index contributed by atoms with van der Waals surface area (Å²) >= 11 is 0. The Labute approximate surface area is 122 Å². The molecule has 102 valence electrons. The summed E-state index contributed by atoms with van der Waals surface area (Å²) < 4.78 is 0. The lowest BCUT2D eigenvalue weighted by molar-refractivity contribution is 0.213. The summed E-state index contributed by atoms with van der Waals surface area (Å²) in [6, 6.07) is 21.2. The van der Waals surface area contributed by atoms with Gasteiger partial charge in [-0.2, -0.15) is 0 Å². The normalized spacial score (nSPS) is 12.1. The third-order valence-electron chi connectivity index (χ3n) is 3.48. The third kappa shape index (κ3) is 3.98. The van der Waals surface area contributed by atoms with Gasteiger partial charge in [-0.05, 0) is 17.5 Å². The average molecular weight is 263 g/mol. The first-order valence-corrected chi connectivity index (χ1v) is 7.11. The molecule has 1 atom stereocenters. The molecule has 2 rings (SSSR count). The van der Waals surface area contributed by atoms with E-state index >= 15 is 0 Å². The molecule has 1 unspecified atom stereocenters. The summed E-state index contributed by atoms with van der Waals surface area (Å²) in [5.41, 5.74) is 2.61. The van der Waals surface area contributed by atoms with Crippen LogP contribution in [0.4, 0.5) is 0 Å². The van der Waals surface area contributed by atoms with Crippen molar-refractivity contribution in [3.63, 3.8) is 0 Å². The molecule has 2 aromatic carbocycles. The number of hydrogen-bond donors (Lipinski definition) is 0. The van der Waals surface area contributed by atoms with Gasteiger partial charge in [0.25, 0.3) is 0 Å². The topological polar surface area (TPSA) is 3.24 Å². The minimum atomic E-state index is 0.176. The van der Waals surface area contributed by atoms with Gasteiger partial charge in [-0.3, -0.25) is 4.90 Å². The van der Waals surface area contributed by atoms with Gasteiger partial charge in [0, 0.05) is 13.1 Å². The molecule has 0 aliphatic heterocycles. The molecule has 0 N–H and O–H groups in total. The van der Waals surface area contributed by atoms with Crippen LogP contribution in [0.1, 0.15) is 24.5 Å². The number of nitrogens with zero attached hydrogens (tertiary/aromatic N) is 1. The van der Waals surface area contributed by atoms with E-state index in [2.05, 4.69) is 66.3 Å². The Kier molecular flexibility index (Phi) is 5.41. The molecule has 0 bridgehead atoms. The molecule has 2 aromatic rings. The molecule has 0 spiro atoms. The molecule has 0 fully saturated rings. The van der Waals surface area contributed by atoms with Crippen LogP contribution in [0.15, 0.2) is 60.7 Å². The Hall–Kier alpha value is -2.04. The van der Waals surface area contributed by atoms with Gasteiger partial charge in [-0.25, -0.2) is 0 Å². The predicted octanol–water partition coefficient (Wildman–Crippen LogP) is 4.10. The maximum absolute atomic E-state index is 5.70. The Balaban J connectivity index is 2.15. The number of terminal acetylenes is 1. The molecular formula is C19H21N. The summed E-state index contributed by atoms with van der Waals surface area (Å²) in [7, 11) is 0. The monoisotopic (exact) mass is 263 g/mol. The fourth-order valence-corrected chi connectivity index (χ4v) is 2.39. The van der Waals surface area contributed by atoms with Crippen molar-refractivity contribution in [2.75, 3.05) is 0 Å². The fraction of sp³-hybridized carbons (Fsp3) is 0.263. The summed E-state index contributed by atoms with van der Waals surface area (Å²) in [5.74, 6) is 2.92. The second-order valence-electron chi connectivity index (χ2n) is 4.97. The summed E-state index contributed by atoms with van der Waals surface area (Å²) in [5, 5.41) is 0. The van der Waals surface area contributed by atoms with E-state index in [0.29, 0.717) is 0 Å². The zero-order valence-electron chi connectivity index (χ0n) is 12.0. The van der Waals surface area contributed by atoms with E-state index < -0.39 is 0 Å². The van der Waals surface area contributed by atoms with Crippen LogP contribution in [0.3, 0.4) is 0 Å². The molecule has 1 heteroatoms. The lowest BCUT2D eigenvalue weighted by Gasteiger charge is -2.27. The summed E-state index contributed by atoms with van der Waals surface area (Å²) in [4.78, 5) is 2.37. The second kappa shape index (κ2) is 7.53. The van der Waals surface area contributed by atoms with E-state index in [-0.39, 0.29) is 6.04 Å². The van der Waals surface area contributed by atoms with Crippen LogP contribution in [-0.2, 0) is 13.1 Å². The second-order valence-corrected chi connectivity index (χ2v) is 4.97. The van der Waals surface area contributed by atoms with Crippen LogP contribution < -0.4 is 0 Å². The first-order chi connectivity index (χ1) is 9.83. The van der Waals surface area contributed by atoms with E-state index in [4.69, 9.17) is 6.42 Å². The van der Waals surface area contributed by atoms with Crippen molar-refractivity contribution in [1.82, 2.24) is 4.90 Å². The predicted molar refractivity (Wildman–Crippen MR) is 85.0 cm³/mol.